The largest absolute Gasteiger partial charge is 0.465 e. The van der Waals surface area contributed by atoms with Gasteiger partial charge in [-0.3, -0.25) is 9.59 Å². The quantitative estimate of drug-likeness (QED) is 0.484. The molecule has 2 aromatic rings. The van der Waals surface area contributed by atoms with Gasteiger partial charge in [0.25, 0.3) is 5.91 Å². The Hall–Kier alpha value is -3.73. The maximum atomic E-state index is 14.4. The van der Waals surface area contributed by atoms with Gasteiger partial charge in [-0.05, 0) is 17.9 Å². The first kappa shape index (κ1) is 31.2. The number of morpholine rings is 1. The van der Waals surface area contributed by atoms with Gasteiger partial charge in [-0.25, -0.2) is 14.8 Å². The summed E-state index contributed by atoms with van der Waals surface area (Å²) in [5, 5.41) is 13.3. The number of aromatic nitrogens is 2. The molecule has 0 radical (unpaired) electrons. The van der Waals surface area contributed by atoms with E-state index in [-0.39, 0.29) is 36.2 Å². The number of benzene rings is 1. The van der Waals surface area contributed by atoms with Gasteiger partial charge in [0.15, 0.2) is 0 Å². The summed E-state index contributed by atoms with van der Waals surface area (Å²) in [7, 11) is 0. The second-order valence-corrected chi connectivity index (χ2v) is 12.6. The lowest BCUT2D eigenvalue weighted by molar-refractivity contribution is -0.142. The van der Waals surface area contributed by atoms with E-state index in [9.17, 15) is 19.5 Å². The maximum Gasteiger partial charge on any atom is 0.407 e. The van der Waals surface area contributed by atoms with E-state index in [1.165, 1.54) is 4.90 Å². The topological polar surface area (TPSA) is 128 Å². The zero-order valence-electron chi connectivity index (χ0n) is 25.4. The first-order chi connectivity index (χ1) is 19.9. The molecule has 0 bridgehead atoms. The highest BCUT2D eigenvalue weighted by Crippen LogP contribution is 2.28. The number of carbonyl (C=O) groups excluding carboxylic acids is 2. The van der Waals surface area contributed by atoms with Crippen molar-refractivity contribution in [2.24, 2.45) is 11.8 Å². The maximum absolute atomic E-state index is 14.4. The third kappa shape index (κ3) is 7.76. The fourth-order valence-electron chi connectivity index (χ4n) is 5.44. The summed E-state index contributed by atoms with van der Waals surface area (Å²) in [6.07, 6.45) is 0.858. The van der Waals surface area contributed by atoms with Crippen molar-refractivity contribution in [3.05, 3.63) is 53.5 Å². The first-order valence-electron chi connectivity index (χ1n) is 14.7. The van der Waals surface area contributed by atoms with Crippen molar-refractivity contribution in [1.29, 1.82) is 0 Å². The molecule has 11 heteroatoms. The lowest BCUT2D eigenvalue weighted by Gasteiger charge is -2.43. The summed E-state index contributed by atoms with van der Waals surface area (Å²) < 4.78 is 5.40. The smallest absolute Gasteiger partial charge is 0.407 e. The number of nitrogens with zero attached hydrogens (tertiary/aromatic N) is 5. The van der Waals surface area contributed by atoms with Crippen LogP contribution in [0.3, 0.4) is 0 Å². The second-order valence-electron chi connectivity index (χ2n) is 12.6. The molecule has 228 valence electrons. The number of piperidine rings is 1. The van der Waals surface area contributed by atoms with Crippen molar-refractivity contribution >= 4 is 23.7 Å². The molecule has 2 N–H and O–H groups in total. The van der Waals surface area contributed by atoms with Crippen LogP contribution in [-0.2, 0) is 21.5 Å². The predicted octanol–water partition coefficient (Wildman–Crippen LogP) is 3.71. The van der Waals surface area contributed by atoms with E-state index in [1.54, 1.807) is 16.0 Å². The summed E-state index contributed by atoms with van der Waals surface area (Å²) in [6, 6.07) is 9.38. The van der Waals surface area contributed by atoms with E-state index in [0.29, 0.717) is 63.0 Å². The number of hydrogen-bond acceptors (Lipinski definition) is 7. The van der Waals surface area contributed by atoms with Crippen LogP contribution < -0.4 is 5.32 Å². The molecule has 3 heterocycles. The Kier molecular flexibility index (Phi) is 10.0. The van der Waals surface area contributed by atoms with Gasteiger partial charge in [-0.15, -0.1) is 0 Å². The van der Waals surface area contributed by atoms with Crippen molar-refractivity contribution in [3.63, 3.8) is 0 Å². The Balaban J connectivity index is 1.66. The summed E-state index contributed by atoms with van der Waals surface area (Å²) in [6.45, 7) is 13.1. The number of nitrogens with one attached hydrogen (secondary N) is 1. The number of ether oxygens (including phenoxy) is 1. The highest BCUT2D eigenvalue weighted by molar-refractivity contribution is 5.98. The highest BCUT2D eigenvalue weighted by atomic mass is 16.5. The molecule has 4 rings (SSSR count). The van der Waals surface area contributed by atoms with Crippen LogP contribution in [-0.4, -0.2) is 99.7 Å². The summed E-state index contributed by atoms with van der Waals surface area (Å²) in [5.41, 5.74) is 1.03. The van der Waals surface area contributed by atoms with Gasteiger partial charge in [0.05, 0.1) is 25.2 Å². The molecule has 0 saturated carbocycles. The van der Waals surface area contributed by atoms with Crippen LogP contribution in [0.1, 0.15) is 62.8 Å². The molecule has 1 aromatic carbocycles. The zero-order valence-corrected chi connectivity index (χ0v) is 25.4. The minimum Gasteiger partial charge on any atom is -0.465 e. The average molecular weight is 581 g/mol. The molecular formula is C31H44N6O5. The lowest BCUT2D eigenvalue weighted by atomic mass is 9.91. The zero-order chi connectivity index (χ0) is 30.4. The first-order valence-corrected chi connectivity index (χ1v) is 14.7. The summed E-state index contributed by atoms with van der Waals surface area (Å²) in [5.74, 6) is 0.234. The van der Waals surface area contributed by atoms with E-state index in [0.717, 1.165) is 5.56 Å². The Bertz CT molecular complexity index is 1240. The van der Waals surface area contributed by atoms with Crippen LogP contribution >= 0.6 is 0 Å². The van der Waals surface area contributed by atoms with E-state index >= 15 is 0 Å². The van der Waals surface area contributed by atoms with Gasteiger partial charge in [0.1, 0.15) is 17.2 Å². The molecule has 3 amide bonds. The van der Waals surface area contributed by atoms with Crippen LogP contribution in [0.25, 0.3) is 0 Å². The third-order valence-electron chi connectivity index (χ3n) is 7.63. The molecule has 2 aliphatic rings. The van der Waals surface area contributed by atoms with Gasteiger partial charge in [-0.2, -0.15) is 0 Å². The number of carboxylic acid groups (broad SMARTS) is 1. The van der Waals surface area contributed by atoms with Gasteiger partial charge < -0.3 is 29.9 Å². The van der Waals surface area contributed by atoms with Crippen molar-refractivity contribution in [2.45, 2.75) is 59.0 Å². The molecule has 2 atom stereocenters. The molecule has 2 saturated heterocycles. The highest BCUT2D eigenvalue weighted by Gasteiger charge is 2.40. The molecule has 11 nitrogen and oxygen atoms in total. The van der Waals surface area contributed by atoms with Crippen molar-refractivity contribution in [1.82, 2.24) is 24.7 Å². The SMILES string of the molecule is CC(C)CN(C(=O)c1cnc(C(C)(C)C)nc1NCc1ccccc1)[C@H]1C[C@@H](C(=O)N2CCOCC2)CN(C(=O)O)C1. The third-order valence-corrected chi connectivity index (χ3v) is 7.63. The Morgan fingerprint density at radius 1 is 1.10 bits per heavy atom. The molecule has 0 aliphatic carbocycles. The van der Waals surface area contributed by atoms with Crippen LogP contribution in [0.4, 0.5) is 10.6 Å². The van der Waals surface area contributed by atoms with Crippen LogP contribution in [0.5, 0.6) is 0 Å². The van der Waals surface area contributed by atoms with Crippen molar-refractivity contribution in [3.8, 4) is 0 Å². The number of hydrogen-bond donors (Lipinski definition) is 2. The minimum absolute atomic E-state index is 0.0886. The number of carbonyl (C=O) groups is 3. The molecular weight excluding hydrogens is 536 g/mol. The Morgan fingerprint density at radius 2 is 1.79 bits per heavy atom. The predicted molar refractivity (Wildman–Crippen MR) is 159 cm³/mol. The van der Waals surface area contributed by atoms with Crippen LogP contribution in [0.15, 0.2) is 36.5 Å². The number of anilines is 1. The fraction of sp³-hybridized carbons (Fsp3) is 0.581. The van der Waals surface area contributed by atoms with Gasteiger partial charge in [-0.1, -0.05) is 65.0 Å². The van der Waals surface area contributed by atoms with Crippen molar-refractivity contribution < 1.29 is 24.2 Å². The monoisotopic (exact) mass is 580 g/mol. The van der Waals surface area contributed by atoms with Crippen molar-refractivity contribution in [2.75, 3.05) is 51.3 Å². The fourth-order valence-corrected chi connectivity index (χ4v) is 5.44. The number of rotatable bonds is 8. The van der Waals surface area contributed by atoms with E-state index in [2.05, 4.69) is 10.3 Å². The van der Waals surface area contributed by atoms with Gasteiger partial charge in [0, 0.05) is 50.9 Å². The lowest BCUT2D eigenvalue weighted by Crippen LogP contribution is -2.58. The molecule has 0 spiro atoms. The average Bonchev–Trinajstić information content (AvgIpc) is 2.98. The summed E-state index contributed by atoms with van der Waals surface area (Å²) >= 11 is 0. The van der Waals surface area contributed by atoms with Gasteiger partial charge in [0.2, 0.25) is 5.91 Å². The minimum atomic E-state index is -1.10. The number of amides is 3. The molecule has 2 fully saturated rings. The molecule has 42 heavy (non-hydrogen) atoms. The standard InChI is InChI=1S/C31H44N6O5/c1-21(2)18-37(24-15-23(19-36(20-24)30(40)41)27(38)35-11-13-42-14-12-35)28(39)25-17-33-29(31(3,4)5)34-26(25)32-16-22-9-7-6-8-10-22/h6-10,17,21,23-24H,11-16,18-20H2,1-5H3,(H,40,41)(H,32,33,34)/t23-,24+/m1/s1. The summed E-state index contributed by atoms with van der Waals surface area (Å²) in [4.78, 5) is 54.1. The van der Waals surface area contributed by atoms with E-state index in [1.807, 2.05) is 65.0 Å². The molecule has 1 aromatic heterocycles. The van der Waals surface area contributed by atoms with Crippen LogP contribution in [0.2, 0.25) is 0 Å². The Morgan fingerprint density at radius 3 is 2.40 bits per heavy atom. The van der Waals surface area contributed by atoms with Crippen LogP contribution in [0, 0.1) is 11.8 Å². The van der Waals surface area contributed by atoms with E-state index in [4.69, 9.17) is 9.72 Å². The van der Waals surface area contributed by atoms with Gasteiger partial charge >= 0.3 is 6.09 Å². The normalized spacial score (nSPS) is 19.5. The Labute approximate surface area is 248 Å². The molecule has 0 unspecified atom stereocenters. The number of likely N-dealkylation sites (tertiary alicyclic amines) is 1. The second kappa shape index (κ2) is 13.5. The van der Waals surface area contributed by atoms with E-state index < -0.39 is 18.1 Å². The molecule has 2 aliphatic heterocycles.